The Morgan fingerprint density at radius 1 is 1.55 bits per heavy atom. The highest BCUT2D eigenvalue weighted by molar-refractivity contribution is 5.56. The molecular formula is C8H19N3. The summed E-state index contributed by atoms with van der Waals surface area (Å²) in [6.45, 7) is 6.34. The van der Waals surface area contributed by atoms with Gasteiger partial charge in [0.2, 0.25) is 0 Å². The Kier molecular flexibility index (Phi) is 4.11. The molecule has 0 saturated heterocycles. The van der Waals surface area contributed by atoms with Gasteiger partial charge in [0.1, 0.15) is 0 Å². The highest BCUT2D eigenvalue weighted by atomic mass is 15.1. The van der Waals surface area contributed by atoms with E-state index in [0.717, 1.165) is 12.8 Å². The Hall–Kier alpha value is -0.570. The summed E-state index contributed by atoms with van der Waals surface area (Å²) < 4.78 is 0. The summed E-state index contributed by atoms with van der Waals surface area (Å²) in [6.07, 6.45) is 3.67. The lowest BCUT2D eigenvalue weighted by molar-refractivity contribution is 0.283. The summed E-state index contributed by atoms with van der Waals surface area (Å²) in [5, 5.41) is 3.43. The maximum atomic E-state index is 5.78. The monoisotopic (exact) mass is 157 g/mol. The standard InChI is InChI=1S/C8H19N3/c1-7(9)8(2,3)5-4-6-11-10/h6-7H,4-5,9-10H2,1-3H3. The second-order valence-electron chi connectivity index (χ2n) is 3.65. The van der Waals surface area contributed by atoms with Crippen molar-refractivity contribution in [3.63, 3.8) is 0 Å². The molecule has 1 atom stereocenters. The van der Waals surface area contributed by atoms with E-state index in [0.29, 0.717) is 0 Å². The third kappa shape index (κ3) is 3.98. The number of nitrogens with two attached hydrogens (primary N) is 2. The van der Waals surface area contributed by atoms with Crippen LogP contribution in [-0.2, 0) is 0 Å². The van der Waals surface area contributed by atoms with E-state index >= 15 is 0 Å². The molecule has 0 rings (SSSR count). The van der Waals surface area contributed by atoms with Gasteiger partial charge in [-0.3, -0.25) is 0 Å². The molecule has 0 amide bonds. The molecule has 66 valence electrons. The van der Waals surface area contributed by atoms with Crippen LogP contribution in [-0.4, -0.2) is 12.3 Å². The lowest BCUT2D eigenvalue weighted by Crippen LogP contribution is -2.34. The van der Waals surface area contributed by atoms with E-state index in [4.69, 9.17) is 11.6 Å². The molecule has 0 saturated carbocycles. The third-order valence-electron chi connectivity index (χ3n) is 2.26. The summed E-state index contributed by atoms with van der Waals surface area (Å²) in [6, 6.07) is 0.216. The van der Waals surface area contributed by atoms with Gasteiger partial charge in [-0.2, -0.15) is 5.10 Å². The van der Waals surface area contributed by atoms with Gasteiger partial charge in [0, 0.05) is 12.3 Å². The molecule has 0 bridgehead atoms. The molecule has 4 N–H and O–H groups in total. The quantitative estimate of drug-likeness (QED) is 0.364. The van der Waals surface area contributed by atoms with Gasteiger partial charge in [0.15, 0.2) is 0 Å². The smallest absolute Gasteiger partial charge is 0.0240 e. The van der Waals surface area contributed by atoms with Gasteiger partial charge in [-0.15, -0.1) is 0 Å². The predicted molar refractivity (Wildman–Crippen MR) is 49.3 cm³/mol. The number of rotatable bonds is 4. The zero-order chi connectivity index (χ0) is 8.91. The van der Waals surface area contributed by atoms with E-state index in [1.54, 1.807) is 6.21 Å². The Morgan fingerprint density at radius 2 is 2.09 bits per heavy atom. The fraction of sp³-hybridized carbons (Fsp3) is 0.875. The lowest BCUT2D eigenvalue weighted by Gasteiger charge is -2.28. The number of hydrazone groups is 1. The van der Waals surface area contributed by atoms with Gasteiger partial charge >= 0.3 is 0 Å². The van der Waals surface area contributed by atoms with Crippen molar-refractivity contribution in [3.05, 3.63) is 0 Å². The number of hydrogen-bond acceptors (Lipinski definition) is 3. The molecule has 0 aliphatic rings. The average molecular weight is 157 g/mol. The topological polar surface area (TPSA) is 64.4 Å². The minimum Gasteiger partial charge on any atom is -0.327 e. The largest absolute Gasteiger partial charge is 0.327 e. The minimum atomic E-state index is 0.182. The van der Waals surface area contributed by atoms with Crippen LogP contribution in [0.5, 0.6) is 0 Å². The summed E-state index contributed by atoms with van der Waals surface area (Å²) >= 11 is 0. The fourth-order valence-electron chi connectivity index (χ4n) is 0.739. The van der Waals surface area contributed by atoms with Crippen molar-refractivity contribution in [2.75, 3.05) is 0 Å². The molecule has 11 heavy (non-hydrogen) atoms. The molecule has 0 fully saturated rings. The van der Waals surface area contributed by atoms with Crippen LogP contribution in [0.4, 0.5) is 0 Å². The van der Waals surface area contributed by atoms with Crippen molar-refractivity contribution in [1.29, 1.82) is 0 Å². The van der Waals surface area contributed by atoms with Crippen LogP contribution in [0.1, 0.15) is 33.6 Å². The average Bonchev–Trinajstić information content (AvgIpc) is 1.88. The zero-order valence-corrected chi connectivity index (χ0v) is 7.67. The van der Waals surface area contributed by atoms with Gasteiger partial charge in [-0.25, -0.2) is 0 Å². The van der Waals surface area contributed by atoms with Gasteiger partial charge in [0.05, 0.1) is 0 Å². The first-order valence-corrected chi connectivity index (χ1v) is 3.98. The van der Waals surface area contributed by atoms with Crippen molar-refractivity contribution < 1.29 is 0 Å². The summed E-state index contributed by atoms with van der Waals surface area (Å²) in [7, 11) is 0. The highest BCUT2D eigenvalue weighted by Gasteiger charge is 2.21. The van der Waals surface area contributed by atoms with Crippen molar-refractivity contribution in [2.24, 2.45) is 22.1 Å². The Bertz CT molecular complexity index is 127. The van der Waals surface area contributed by atoms with Gasteiger partial charge in [-0.05, 0) is 25.2 Å². The molecule has 0 aromatic carbocycles. The number of nitrogens with zero attached hydrogens (tertiary/aromatic N) is 1. The summed E-state index contributed by atoms with van der Waals surface area (Å²) in [5.41, 5.74) is 5.96. The van der Waals surface area contributed by atoms with Crippen LogP contribution in [0.3, 0.4) is 0 Å². The maximum absolute atomic E-state index is 5.78. The Morgan fingerprint density at radius 3 is 2.45 bits per heavy atom. The first kappa shape index (κ1) is 10.4. The first-order valence-electron chi connectivity index (χ1n) is 3.98. The van der Waals surface area contributed by atoms with Crippen LogP contribution in [0.15, 0.2) is 5.10 Å². The fourth-order valence-corrected chi connectivity index (χ4v) is 0.739. The summed E-state index contributed by atoms with van der Waals surface area (Å²) in [4.78, 5) is 0. The third-order valence-corrected chi connectivity index (χ3v) is 2.26. The van der Waals surface area contributed by atoms with Crippen molar-refractivity contribution >= 4 is 6.21 Å². The number of hydrogen-bond donors (Lipinski definition) is 2. The SMILES string of the molecule is CC(N)C(C)(C)CCC=NN. The Balaban J connectivity index is 3.73. The molecule has 0 radical (unpaired) electrons. The predicted octanol–water partition coefficient (Wildman–Crippen LogP) is 1.08. The molecule has 0 spiro atoms. The van der Waals surface area contributed by atoms with Gasteiger partial charge in [0.25, 0.3) is 0 Å². The van der Waals surface area contributed by atoms with Crippen LogP contribution in [0, 0.1) is 5.41 Å². The van der Waals surface area contributed by atoms with E-state index in [1.165, 1.54) is 0 Å². The van der Waals surface area contributed by atoms with E-state index in [2.05, 4.69) is 18.9 Å². The summed E-state index contributed by atoms with van der Waals surface area (Å²) in [5.74, 6) is 4.97. The van der Waals surface area contributed by atoms with E-state index < -0.39 is 0 Å². The van der Waals surface area contributed by atoms with Crippen LogP contribution in [0.25, 0.3) is 0 Å². The molecular weight excluding hydrogens is 138 g/mol. The van der Waals surface area contributed by atoms with Crippen LogP contribution in [0.2, 0.25) is 0 Å². The van der Waals surface area contributed by atoms with E-state index in [-0.39, 0.29) is 11.5 Å². The molecule has 0 aliphatic heterocycles. The van der Waals surface area contributed by atoms with Crippen molar-refractivity contribution in [2.45, 2.75) is 39.7 Å². The molecule has 0 heterocycles. The van der Waals surface area contributed by atoms with Crippen LogP contribution < -0.4 is 11.6 Å². The normalized spacial score (nSPS) is 15.6. The van der Waals surface area contributed by atoms with Gasteiger partial charge in [-0.1, -0.05) is 13.8 Å². The molecule has 0 aromatic heterocycles. The second kappa shape index (κ2) is 4.34. The zero-order valence-electron chi connectivity index (χ0n) is 7.67. The lowest BCUT2D eigenvalue weighted by atomic mass is 9.82. The van der Waals surface area contributed by atoms with Gasteiger partial charge < -0.3 is 11.6 Å². The van der Waals surface area contributed by atoms with E-state index in [1.807, 2.05) is 6.92 Å². The molecule has 3 heteroatoms. The molecule has 1 unspecified atom stereocenters. The first-order chi connectivity index (χ1) is 5.00. The van der Waals surface area contributed by atoms with Crippen molar-refractivity contribution in [3.8, 4) is 0 Å². The maximum Gasteiger partial charge on any atom is 0.0240 e. The highest BCUT2D eigenvalue weighted by Crippen LogP contribution is 2.24. The van der Waals surface area contributed by atoms with Crippen LogP contribution >= 0.6 is 0 Å². The molecule has 0 aromatic rings. The Labute approximate surface area is 68.8 Å². The molecule has 0 aliphatic carbocycles. The van der Waals surface area contributed by atoms with Crippen molar-refractivity contribution in [1.82, 2.24) is 0 Å². The van der Waals surface area contributed by atoms with E-state index in [9.17, 15) is 0 Å². The molecule has 3 nitrogen and oxygen atoms in total. The minimum absolute atomic E-state index is 0.182. The second-order valence-corrected chi connectivity index (χ2v) is 3.65.